The van der Waals surface area contributed by atoms with Gasteiger partial charge in [0.25, 0.3) is 5.60 Å². The highest BCUT2D eigenvalue weighted by molar-refractivity contribution is 14.1. The first kappa shape index (κ1) is 30.5. The van der Waals surface area contributed by atoms with Gasteiger partial charge in [-0.05, 0) is 81.6 Å². The van der Waals surface area contributed by atoms with Crippen molar-refractivity contribution < 1.29 is 32.3 Å². The third kappa shape index (κ3) is 5.06. The number of ether oxygens (including phenoxy) is 3. The normalized spacial score (nSPS) is 20.8. The molecule has 0 fully saturated rings. The minimum Gasteiger partial charge on any atom is -0.466 e. The number of sulfonamides is 1. The number of aryl methyl sites for hydroxylation is 1. The SMILES string of the molecule is COC(=O)[C@@]1([C@H]2c3cc4c(cc3C(c3ccccc3)=C(I)CN2S(=O)(=O)c2ccc(C)cc2)OCO4)CC(c2ccccc2)=NO1. The third-order valence-electron chi connectivity index (χ3n) is 8.48. The Bertz CT molecular complexity index is 2000. The molecule has 0 aliphatic carbocycles. The van der Waals surface area contributed by atoms with Crippen LogP contribution in [0.3, 0.4) is 0 Å². The summed E-state index contributed by atoms with van der Waals surface area (Å²) >= 11 is 2.21. The van der Waals surface area contributed by atoms with E-state index in [2.05, 4.69) is 27.7 Å². The lowest BCUT2D eigenvalue weighted by atomic mass is 9.80. The van der Waals surface area contributed by atoms with Crippen molar-refractivity contribution in [2.45, 2.75) is 29.9 Å². The van der Waals surface area contributed by atoms with Crippen LogP contribution in [0.5, 0.6) is 11.5 Å². The Morgan fingerprint density at radius 2 is 1.57 bits per heavy atom. The van der Waals surface area contributed by atoms with Crippen LogP contribution in [0, 0.1) is 6.92 Å². The van der Waals surface area contributed by atoms with E-state index in [0.29, 0.717) is 28.3 Å². The number of fused-ring (bicyclic) bond motifs is 2. The molecule has 3 aliphatic heterocycles. The molecule has 2 atom stereocenters. The highest BCUT2D eigenvalue weighted by Crippen LogP contribution is 2.53. The molecule has 3 aliphatic rings. The number of carbonyl (C=O) groups excluding carboxylic acids is 1. The van der Waals surface area contributed by atoms with Crippen molar-refractivity contribution in [3.63, 3.8) is 0 Å². The summed E-state index contributed by atoms with van der Waals surface area (Å²) in [7, 11) is -3.00. The Kier molecular flexibility index (Phi) is 7.86. The smallest absolute Gasteiger partial charge is 0.355 e. The first-order valence-corrected chi connectivity index (χ1v) is 17.1. The fourth-order valence-corrected chi connectivity index (χ4v) is 9.07. The molecule has 0 spiro atoms. The number of halogens is 1. The summed E-state index contributed by atoms with van der Waals surface area (Å²) in [5.41, 5.74) is 3.14. The molecule has 0 bridgehead atoms. The summed E-state index contributed by atoms with van der Waals surface area (Å²) in [6.45, 7) is 1.84. The van der Waals surface area contributed by atoms with Gasteiger partial charge >= 0.3 is 5.97 Å². The van der Waals surface area contributed by atoms with Crippen LogP contribution in [-0.2, 0) is 24.4 Å². The Hall–Kier alpha value is -4.20. The zero-order valence-corrected chi connectivity index (χ0v) is 27.9. The molecular weight excluding hydrogens is 719 g/mol. The van der Waals surface area contributed by atoms with Gasteiger partial charge in [0.15, 0.2) is 11.5 Å². The number of esters is 1. The average Bonchev–Trinajstić information content (AvgIpc) is 3.71. The predicted molar refractivity (Wildman–Crippen MR) is 180 cm³/mol. The van der Waals surface area contributed by atoms with Gasteiger partial charge in [0, 0.05) is 16.5 Å². The monoisotopic (exact) mass is 748 g/mol. The van der Waals surface area contributed by atoms with Crippen molar-refractivity contribution in [3.8, 4) is 11.5 Å². The quantitative estimate of drug-likeness (QED) is 0.166. The van der Waals surface area contributed by atoms with Crippen LogP contribution in [0.1, 0.15) is 40.3 Å². The molecular formula is C35H29IN2O7S. The van der Waals surface area contributed by atoms with E-state index in [9.17, 15) is 13.2 Å². The van der Waals surface area contributed by atoms with E-state index < -0.39 is 27.6 Å². The van der Waals surface area contributed by atoms with Crippen molar-refractivity contribution in [1.82, 2.24) is 4.31 Å². The van der Waals surface area contributed by atoms with Crippen molar-refractivity contribution >= 4 is 49.9 Å². The second kappa shape index (κ2) is 11.9. The van der Waals surface area contributed by atoms with Crippen LogP contribution in [0.2, 0.25) is 0 Å². The van der Waals surface area contributed by atoms with Crippen LogP contribution in [-0.4, -0.2) is 50.5 Å². The van der Waals surface area contributed by atoms with Gasteiger partial charge in [-0.1, -0.05) is 83.5 Å². The van der Waals surface area contributed by atoms with E-state index in [1.165, 1.54) is 11.4 Å². The highest BCUT2D eigenvalue weighted by Gasteiger charge is 2.60. The summed E-state index contributed by atoms with van der Waals surface area (Å²) < 4.78 is 48.8. The molecule has 0 unspecified atom stereocenters. The zero-order valence-electron chi connectivity index (χ0n) is 25.0. The summed E-state index contributed by atoms with van der Waals surface area (Å²) in [5.74, 6) is 0.201. The maximum Gasteiger partial charge on any atom is 0.355 e. The van der Waals surface area contributed by atoms with Gasteiger partial charge in [-0.15, -0.1) is 0 Å². The Balaban J connectivity index is 1.52. The molecule has 46 heavy (non-hydrogen) atoms. The third-order valence-corrected chi connectivity index (χ3v) is 11.2. The second-order valence-corrected chi connectivity index (χ2v) is 14.5. The van der Waals surface area contributed by atoms with E-state index in [1.54, 1.807) is 30.3 Å². The van der Waals surface area contributed by atoms with Crippen LogP contribution in [0.4, 0.5) is 0 Å². The molecule has 0 saturated heterocycles. The summed E-state index contributed by atoms with van der Waals surface area (Å²) in [6, 6.07) is 28.1. The fraction of sp³-hybridized carbons (Fsp3) is 0.200. The van der Waals surface area contributed by atoms with Crippen LogP contribution in [0.25, 0.3) is 5.57 Å². The first-order valence-electron chi connectivity index (χ1n) is 14.6. The Labute approximate surface area is 280 Å². The highest BCUT2D eigenvalue weighted by atomic mass is 127. The number of rotatable bonds is 6. The zero-order chi connectivity index (χ0) is 32.1. The van der Waals surface area contributed by atoms with Crippen LogP contribution in [0.15, 0.2) is 111 Å². The molecule has 0 amide bonds. The average molecular weight is 749 g/mol. The molecule has 0 aromatic heterocycles. The molecule has 9 nitrogen and oxygen atoms in total. The van der Waals surface area contributed by atoms with E-state index in [4.69, 9.17) is 19.0 Å². The van der Waals surface area contributed by atoms with E-state index in [1.807, 2.05) is 73.7 Å². The largest absolute Gasteiger partial charge is 0.466 e. The summed E-state index contributed by atoms with van der Waals surface area (Å²) in [4.78, 5) is 20.4. The maximum atomic E-state index is 14.9. The summed E-state index contributed by atoms with van der Waals surface area (Å²) in [5, 5.41) is 4.40. The van der Waals surface area contributed by atoms with Gasteiger partial charge < -0.3 is 19.0 Å². The molecule has 11 heteroatoms. The standard InChI is InChI=1S/C35H29IN2O7S/c1-22-13-15-25(16-14-22)46(40,41)38-20-28(36)32(24-11-7-4-8-12-24)26-17-30-31(44-21-43-30)18-27(26)33(38)35(34(39)42-2)19-29(37-45-35)23-9-5-3-6-10-23/h3-18,33H,19-21H2,1-2H3/t33-,35+/m1/s1. The van der Waals surface area contributed by atoms with E-state index in [0.717, 1.165) is 25.8 Å². The molecule has 4 aromatic carbocycles. The van der Waals surface area contributed by atoms with Crippen molar-refractivity contribution in [1.29, 1.82) is 0 Å². The van der Waals surface area contributed by atoms with Crippen LogP contribution < -0.4 is 9.47 Å². The minimum atomic E-state index is -4.26. The van der Waals surface area contributed by atoms with E-state index in [-0.39, 0.29) is 24.7 Å². The Morgan fingerprint density at radius 3 is 2.22 bits per heavy atom. The van der Waals surface area contributed by atoms with Gasteiger partial charge in [-0.3, -0.25) is 0 Å². The topological polar surface area (TPSA) is 104 Å². The molecule has 4 aromatic rings. The molecule has 3 heterocycles. The molecule has 0 radical (unpaired) electrons. The van der Waals surface area contributed by atoms with Crippen molar-refractivity contribution in [2.75, 3.05) is 20.4 Å². The maximum absolute atomic E-state index is 14.9. The summed E-state index contributed by atoms with van der Waals surface area (Å²) in [6.07, 6.45) is -0.0423. The van der Waals surface area contributed by atoms with Gasteiger partial charge in [0.1, 0.15) is 6.04 Å². The number of benzene rings is 4. The predicted octanol–water partition coefficient (Wildman–Crippen LogP) is 6.40. The van der Waals surface area contributed by atoms with Gasteiger partial charge in [-0.25, -0.2) is 13.2 Å². The number of nitrogens with zero attached hydrogens (tertiary/aromatic N) is 2. The van der Waals surface area contributed by atoms with Gasteiger partial charge in [0.05, 0.1) is 17.7 Å². The molecule has 0 N–H and O–H groups in total. The number of carbonyl (C=O) groups is 1. The lowest BCUT2D eigenvalue weighted by Crippen LogP contribution is -2.54. The van der Waals surface area contributed by atoms with E-state index >= 15 is 0 Å². The number of methoxy groups -OCH3 is 1. The number of hydrogen-bond donors (Lipinski definition) is 0. The van der Waals surface area contributed by atoms with Crippen LogP contribution >= 0.6 is 22.6 Å². The number of oxime groups is 1. The van der Waals surface area contributed by atoms with Gasteiger partial charge in [-0.2, -0.15) is 4.31 Å². The lowest BCUT2D eigenvalue weighted by molar-refractivity contribution is -0.173. The van der Waals surface area contributed by atoms with Crippen molar-refractivity contribution in [3.05, 3.63) is 128 Å². The second-order valence-electron chi connectivity index (χ2n) is 11.3. The van der Waals surface area contributed by atoms with Crippen molar-refractivity contribution in [2.24, 2.45) is 5.16 Å². The number of hydrogen-bond acceptors (Lipinski definition) is 8. The fourth-order valence-electron chi connectivity index (χ4n) is 6.25. The first-order chi connectivity index (χ1) is 22.2. The molecule has 0 saturated carbocycles. The van der Waals surface area contributed by atoms with Gasteiger partial charge in [0.2, 0.25) is 16.8 Å². The molecule has 7 rings (SSSR count). The Morgan fingerprint density at radius 1 is 0.935 bits per heavy atom. The lowest BCUT2D eigenvalue weighted by Gasteiger charge is -2.39. The molecule has 234 valence electrons. The minimum absolute atomic E-state index is 0.00958.